The van der Waals surface area contributed by atoms with Gasteiger partial charge in [0.25, 0.3) is 0 Å². The molecule has 0 amide bonds. The second kappa shape index (κ2) is 6.09. The van der Waals surface area contributed by atoms with Gasteiger partial charge in [0.05, 0.1) is 7.11 Å². The lowest BCUT2D eigenvalue weighted by Crippen LogP contribution is -1.96. The van der Waals surface area contributed by atoms with Crippen LogP contribution in [0.4, 0.5) is 0 Å². The largest absolute Gasteiger partial charge is 0.484 e. The Morgan fingerprint density at radius 2 is 2.36 bits per heavy atom. The van der Waals surface area contributed by atoms with Gasteiger partial charge in [-0.1, -0.05) is 6.08 Å². The van der Waals surface area contributed by atoms with Crippen molar-refractivity contribution < 1.29 is 8.95 Å². The zero-order valence-corrected chi connectivity index (χ0v) is 7.61. The van der Waals surface area contributed by atoms with E-state index in [4.69, 9.17) is 5.41 Å². The molecule has 0 rings (SSSR count). The Morgan fingerprint density at radius 3 is 2.82 bits per heavy atom. The highest BCUT2D eigenvalue weighted by molar-refractivity contribution is 7.87. The summed E-state index contributed by atoms with van der Waals surface area (Å²) in [6.45, 7) is 0. The first kappa shape index (κ1) is 10.4. The fourth-order valence-electron chi connectivity index (χ4n) is 0.520. The number of rotatable bonds is 4. The molecule has 1 atom stereocenters. The van der Waals surface area contributed by atoms with E-state index in [1.807, 2.05) is 0 Å². The highest BCUT2D eigenvalue weighted by Gasteiger charge is 1.90. The molecule has 0 aromatic heterocycles. The summed E-state index contributed by atoms with van der Waals surface area (Å²) in [5.74, 6) is 0.261. The van der Waals surface area contributed by atoms with Gasteiger partial charge in [-0.15, -0.1) is 0 Å². The smallest absolute Gasteiger partial charge is 0.180 e. The third-order valence-electron chi connectivity index (χ3n) is 1.07. The van der Waals surface area contributed by atoms with Crippen LogP contribution in [-0.4, -0.2) is 23.5 Å². The number of ether oxygens (including phenoxy) is 1. The highest BCUT2D eigenvalue weighted by Crippen LogP contribution is 1.94. The first-order valence-electron chi connectivity index (χ1n) is 3.27. The van der Waals surface area contributed by atoms with Crippen LogP contribution in [0.5, 0.6) is 0 Å². The average Bonchev–Trinajstić information content (AvgIpc) is 1.97. The first-order valence-corrected chi connectivity index (χ1v) is 4.89. The maximum atomic E-state index is 10.5. The standard InChI is InChI=1S/C7H13NO2S/c1-10-7(8)5-3-4-6-11(2)9/h4,6,8H,3,5H2,1-2H3. The summed E-state index contributed by atoms with van der Waals surface area (Å²) in [5.41, 5.74) is 0. The van der Waals surface area contributed by atoms with E-state index in [1.165, 1.54) is 7.11 Å². The fraction of sp³-hybridized carbons (Fsp3) is 0.571. The highest BCUT2D eigenvalue weighted by atomic mass is 32.2. The minimum Gasteiger partial charge on any atom is -0.484 e. The van der Waals surface area contributed by atoms with Crippen molar-refractivity contribution in [2.45, 2.75) is 12.8 Å². The Morgan fingerprint density at radius 1 is 1.73 bits per heavy atom. The Hall–Kier alpha value is -0.640. The predicted octanol–water partition coefficient (Wildman–Crippen LogP) is 1.28. The average molecular weight is 175 g/mol. The fourth-order valence-corrected chi connectivity index (χ4v) is 0.927. The van der Waals surface area contributed by atoms with Gasteiger partial charge in [0.15, 0.2) is 5.90 Å². The predicted molar refractivity (Wildman–Crippen MR) is 47.2 cm³/mol. The van der Waals surface area contributed by atoms with Gasteiger partial charge in [-0.3, -0.25) is 9.62 Å². The maximum absolute atomic E-state index is 10.5. The summed E-state index contributed by atoms with van der Waals surface area (Å²) in [6, 6.07) is 0. The van der Waals surface area contributed by atoms with Crippen LogP contribution in [0, 0.1) is 5.41 Å². The van der Waals surface area contributed by atoms with Gasteiger partial charge in [0.1, 0.15) is 0 Å². The summed E-state index contributed by atoms with van der Waals surface area (Å²) >= 11 is 0. The second-order valence-corrected chi connectivity index (χ2v) is 3.31. The van der Waals surface area contributed by atoms with Gasteiger partial charge >= 0.3 is 0 Å². The molecule has 4 heteroatoms. The monoisotopic (exact) mass is 175 g/mol. The van der Waals surface area contributed by atoms with Crippen LogP contribution < -0.4 is 0 Å². The van der Waals surface area contributed by atoms with Crippen molar-refractivity contribution in [1.29, 1.82) is 5.41 Å². The molecule has 0 heterocycles. The molecule has 0 aliphatic heterocycles. The molecule has 1 N–H and O–H groups in total. The van der Waals surface area contributed by atoms with Gasteiger partial charge in [-0.2, -0.15) is 0 Å². The molecule has 0 radical (unpaired) electrons. The molecular weight excluding hydrogens is 162 g/mol. The maximum Gasteiger partial charge on any atom is 0.180 e. The minimum atomic E-state index is -0.874. The molecule has 1 unspecified atom stereocenters. The Labute approximate surface area is 69.4 Å². The molecule has 0 saturated carbocycles. The number of allylic oxidation sites excluding steroid dienone is 1. The minimum absolute atomic E-state index is 0.261. The van der Waals surface area contributed by atoms with Crippen LogP contribution in [0.1, 0.15) is 12.8 Å². The van der Waals surface area contributed by atoms with Crippen LogP contribution >= 0.6 is 0 Å². The van der Waals surface area contributed by atoms with E-state index in [1.54, 1.807) is 17.7 Å². The van der Waals surface area contributed by atoms with Crippen molar-refractivity contribution in [3.63, 3.8) is 0 Å². The number of nitrogens with one attached hydrogen (secondary N) is 1. The van der Waals surface area contributed by atoms with E-state index in [9.17, 15) is 4.21 Å². The molecule has 0 saturated heterocycles. The van der Waals surface area contributed by atoms with Crippen LogP contribution in [0.2, 0.25) is 0 Å². The SMILES string of the molecule is COC(=N)CCC=CS(C)=O. The molecular formula is C7H13NO2S. The normalized spacial score (nSPS) is 13.3. The van der Waals surface area contributed by atoms with Gasteiger partial charge in [-0.05, 0) is 11.8 Å². The van der Waals surface area contributed by atoms with Crippen LogP contribution in [-0.2, 0) is 15.5 Å². The molecule has 3 nitrogen and oxygen atoms in total. The van der Waals surface area contributed by atoms with Crippen molar-refractivity contribution in [3.8, 4) is 0 Å². The summed E-state index contributed by atoms with van der Waals surface area (Å²) < 4.78 is 15.1. The van der Waals surface area contributed by atoms with Gasteiger partial charge < -0.3 is 4.74 Å². The van der Waals surface area contributed by atoms with E-state index in [-0.39, 0.29) is 5.90 Å². The molecule has 0 aliphatic carbocycles. The third-order valence-corrected chi connectivity index (χ3v) is 1.65. The van der Waals surface area contributed by atoms with Gasteiger partial charge in [0, 0.05) is 23.5 Å². The molecule has 0 aliphatic rings. The lowest BCUT2D eigenvalue weighted by molar-refractivity contribution is 0.386. The number of hydrogen-bond acceptors (Lipinski definition) is 3. The quantitative estimate of drug-likeness (QED) is 0.517. The molecule has 11 heavy (non-hydrogen) atoms. The lowest BCUT2D eigenvalue weighted by Gasteiger charge is -1.96. The van der Waals surface area contributed by atoms with Crippen molar-refractivity contribution in [3.05, 3.63) is 11.5 Å². The summed E-state index contributed by atoms with van der Waals surface area (Å²) in [6.07, 6.45) is 4.69. The summed E-state index contributed by atoms with van der Waals surface area (Å²) in [4.78, 5) is 0. The van der Waals surface area contributed by atoms with Gasteiger partial charge in [0.2, 0.25) is 0 Å². The van der Waals surface area contributed by atoms with E-state index in [2.05, 4.69) is 4.74 Å². The molecule has 0 fully saturated rings. The Balaban J connectivity index is 3.41. The lowest BCUT2D eigenvalue weighted by atomic mass is 10.3. The third kappa shape index (κ3) is 7.25. The molecule has 0 aromatic carbocycles. The number of methoxy groups -OCH3 is 1. The molecule has 0 spiro atoms. The van der Waals surface area contributed by atoms with E-state index >= 15 is 0 Å². The van der Waals surface area contributed by atoms with E-state index in [0.717, 1.165) is 0 Å². The molecule has 0 aromatic rings. The summed E-state index contributed by atoms with van der Waals surface area (Å²) in [7, 11) is 0.602. The van der Waals surface area contributed by atoms with Crippen molar-refractivity contribution in [1.82, 2.24) is 0 Å². The van der Waals surface area contributed by atoms with E-state index in [0.29, 0.717) is 12.8 Å². The number of hydrogen-bond donors (Lipinski definition) is 1. The van der Waals surface area contributed by atoms with E-state index < -0.39 is 10.8 Å². The van der Waals surface area contributed by atoms with Crippen LogP contribution in [0.3, 0.4) is 0 Å². The van der Waals surface area contributed by atoms with Gasteiger partial charge in [-0.25, -0.2) is 0 Å². The van der Waals surface area contributed by atoms with Crippen LogP contribution in [0.25, 0.3) is 0 Å². The molecule has 64 valence electrons. The zero-order chi connectivity index (χ0) is 8.69. The van der Waals surface area contributed by atoms with Crippen LogP contribution in [0.15, 0.2) is 11.5 Å². The van der Waals surface area contributed by atoms with Crippen molar-refractivity contribution in [2.75, 3.05) is 13.4 Å². The molecule has 0 bridgehead atoms. The van der Waals surface area contributed by atoms with Crippen molar-refractivity contribution >= 4 is 16.7 Å². The second-order valence-electron chi connectivity index (χ2n) is 2.04. The van der Waals surface area contributed by atoms with Crippen molar-refractivity contribution in [2.24, 2.45) is 0 Å². The first-order chi connectivity index (χ1) is 5.16. The topological polar surface area (TPSA) is 50.1 Å². The Bertz CT molecular complexity index is 177. The summed E-state index contributed by atoms with van der Waals surface area (Å²) in [5, 5.41) is 8.71. The zero-order valence-electron chi connectivity index (χ0n) is 6.79. The Kier molecular flexibility index (Phi) is 5.74.